The lowest BCUT2D eigenvalue weighted by atomic mass is 10.2. The van der Waals surface area contributed by atoms with Crippen molar-refractivity contribution >= 4 is 40.6 Å². The third-order valence-corrected chi connectivity index (χ3v) is 4.20. The number of aromatic nitrogens is 1. The largest absolute Gasteiger partial charge is 0.323 e. The van der Waals surface area contributed by atoms with Crippen LogP contribution in [-0.4, -0.2) is 10.9 Å². The molecule has 0 aliphatic heterocycles. The maximum Gasteiger partial charge on any atom is 0.248 e. The van der Waals surface area contributed by atoms with Gasteiger partial charge in [-0.3, -0.25) is 4.79 Å². The first kappa shape index (κ1) is 15.5. The van der Waals surface area contributed by atoms with Crippen LogP contribution in [0.3, 0.4) is 0 Å². The van der Waals surface area contributed by atoms with Gasteiger partial charge in [0.2, 0.25) is 5.91 Å². The Labute approximate surface area is 143 Å². The number of halogens is 1. The van der Waals surface area contributed by atoms with Gasteiger partial charge in [0.05, 0.1) is 0 Å². The van der Waals surface area contributed by atoms with Crippen molar-refractivity contribution in [2.45, 2.75) is 0 Å². The van der Waals surface area contributed by atoms with Crippen molar-refractivity contribution in [2.24, 2.45) is 0 Å². The number of nitrogens with zero attached hydrogens (tertiary/aromatic N) is 1. The van der Waals surface area contributed by atoms with Crippen LogP contribution in [0.5, 0.6) is 0 Å². The zero-order valence-corrected chi connectivity index (χ0v) is 13.6. The lowest BCUT2D eigenvalue weighted by Crippen LogP contribution is -2.07. The van der Waals surface area contributed by atoms with Crippen LogP contribution in [0.4, 0.5) is 5.69 Å². The van der Waals surface area contributed by atoms with Crippen LogP contribution >= 0.6 is 22.9 Å². The maximum atomic E-state index is 11.9. The molecule has 3 aromatic rings. The molecule has 0 spiro atoms. The summed E-state index contributed by atoms with van der Waals surface area (Å²) in [5.41, 5.74) is 2.70. The van der Waals surface area contributed by atoms with Gasteiger partial charge in [-0.2, -0.15) is 0 Å². The fourth-order valence-electron chi connectivity index (χ4n) is 1.99. The average molecular weight is 341 g/mol. The minimum absolute atomic E-state index is 0.179. The van der Waals surface area contributed by atoms with Crippen molar-refractivity contribution in [1.29, 1.82) is 0 Å². The zero-order chi connectivity index (χ0) is 16.1. The van der Waals surface area contributed by atoms with Gasteiger partial charge < -0.3 is 5.32 Å². The average Bonchev–Trinajstić information content (AvgIpc) is 3.09. The first-order valence-corrected chi connectivity index (χ1v) is 8.21. The first-order chi connectivity index (χ1) is 11.2. The van der Waals surface area contributed by atoms with Gasteiger partial charge in [-0.05, 0) is 48.0 Å². The second-order valence-corrected chi connectivity index (χ2v) is 6.12. The summed E-state index contributed by atoms with van der Waals surface area (Å²) in [4.78, 5) is 16.2. The summed E-state index contributed by atoms with van der Waals surface area (Å²) in [7, 11) is 0. The first-order valence-electron chi connectivity index (χ1n) is 6.95. The summed E-state index contributed by atoms with van der Waals surface area (Å²) in [5.74, 6) is -0.179. The third-order valence-electron chi connectivity index (χ3n) is 3.13. The van der Waals surface area contributed by atoms with Crippen LogP contribution in [0.1, 0.15) is 5.56 Å². The highest BCUT2D eigenvalue weighted by molar-refractivity contribution is 7.13. The summed E-state index contributed by atoms with van der Waals surface area (Å²) in [6.07, 6.45) is 5.02. The summed E-state index contributed by atoms with van der Waals surface area (Å²) in [5, 5.41) is 6.40. The Hall–Kier alpha value is -2.43. The Balaban J connectivity index is 1.62. The number of amides is 1. The summed E-state index contributed by atoms with van der Waals surface area (Å²) < 4.78 is 0. The summed E-state index contributed by atoms with van der Waals surface area (Å²) >= 11 is 7.41. The Bertz CT molecular complexity index is 809. The van der Waals surface area contributed by atoms with Crippen molar-refractivity contribution < 1.29 is 4.79 Å². The van der Waals surface area contributed by atoms with Gasteiger partial charge in [0.1, 0.15) is 5.01 Å². The predicted molar refractivity (Wildman–Crippen MR) is 96.7 cm³/mol. The summed E-state index contributed by atoms with van der Waals surface area (Å²) in [6.45, 7) is 0. The molecule has 114 valence electrons. The van der Waals surface area contributed by atoms with Gasteiger partial charge in [-0.25, -0.2) is 4.98 Å². The van der Waals surface area contributed by atoms with Crippen molar-refractivity contribution in [3.05, 3.63) is 76.8 Å². The van der Waals surface area contributed by atoms with Gasteiger partial charge in [0, 0.05) is 33.9 Å². The molecular formula is C18H13ClN2OS. The number of hydrogen-bond acceptors (Lipinski definition) is 3. The molecule has 1 amide bonds. The van der Waals surface area contributed by atoms with E-state index in [0.717, 1.165) is 21.8 Å². The fourth-order valence-corrected chi connectivity index (χ4v) is 2.76. The Morgan fingerprint density at radius 3 is 2.48 bits per heavy atom. The van der Waals surface area contributed by atoms with E-state index in [0.29, 0.717) is 5.02 Å². The van der Waals surface area contributed by atoms with E-state index in [-0.39, 0.29) is 5.91 Å². The lowest BCUT2D eigenvalue weighted by Gasteiger charge is -2.03. The molecule has 0 saturated heterocycles. The molecule has 0 aliphatic carbocycles. The number of rotatable bonds is 4. The van der Waals surface area contributed by atoms with E-state index in [1.54, 1.807) is 35.7 Å². The van der Waals surface area contributed by atoms with Crippen LogP contribution in [0.2, 0.25) is 5.02 Å². The van der Waals surface area contributed by atoms with Crippen LogP contribution in [0.25, 0.3) is 16.6 Å². The van der Waals surface area contributed by atoms with E-state index in [1.807, 2.05) is 41.8 Å². The number of carbonyl (C=O) groups is 1. The minimum Gasteiger partial charge on any atom is -0.323 e. The van der Waals surface area contributed by atoms with Crippen molar-refractivity contribution in [1.82, 2.24) is 4.98 Å². The van der Waals surface area contributed by atoms with Gasteiger partial charge in [-0.15, -0.1) is 11.3 Å². The molecule has 0 bridgehead atoms. The van der Waals surface area contributed by atoms with E-state index in [1.165, 1.54) is 6.08 Å². The molecule has 1 N–H and O–H groups in total. The van der Waals surface area contributed by atoms with E-state index in [9.17, 15) is 4.79 Å². The minimum atomic E-state index is -0.179. The van der Waals surface area contributed by atoms with Gasteiger partial charge >= 0.3 is 0 Å². The number of hydrogen-bond donors (Lipinski definition) is 1. The molecule has 1 aromatic heterocycles. The Kier molecular flexibility index (Phi) is 4.86. The maximum absolute atomic E-state index is 11.9. The number of anilines is 1. The quantitative estimate of drug-likeness (QED) is 0.670. The Morgan fingerprint density at radius 1 is 1.09 bits per heavy atom. The van der Waals surface area contributed by atoms with E-state index in [2.05, 4.69) is 10.3 Å². The molecule has 3 rings (SSSR count). The predicted octanol–water partition coefficient (Wildman–Crippen LogP) is 5.12. The van der Waals surface area contributed by atoms with E-state index in [4.69, 9.17) is 11.6 Å². The van der Waals surface area contributed by atoms with Crippen molar-refractivity contribution in [3.63, 3.8) is 0 Å². The van der Waals surface area contributed by atoms with Crippen molar-refractivity contribution in [2.75, 3.05) is 5.32 Å². The van der Waals surface area contributed by atoms with E-state index >= 15 is 0 Å². The smallest absolute Gasteiger partial charge is 0.248 e. The molecule has 5 heteroatoms. The van der Waals surface area contributed by atoms with Gasteiger partial charge in [-0.1, -0.05) is 23.7 Å². The number of nitrogens with one attached hydrogen (secondary N) is 1. The topological polar surface area (TPSA) is 42.0 Å². The standard InChI is InChI=1S/C18H13ClN2OS/c19-15-6-1-13(2-7-15)3-10-17(22)21-16-8-4-14(5-9-16)18-20-11-12-23-18/h1-12H,(H,21,22)/b10-3+. The SMILES string of the molecule is O=C(/C=C/c1ccc(Cl)cc1)Nc1ccc(-c2nccs2)cc1. The second kappa shape index (κ2) is 7.22. The van der Waals surface area contributed by atoms with Gasteiger partial charge in [0.25, 0.3) is 0 Å². The van der Waals surface area contributed by atoms with Crippen LogP contribution < -0.4 is 5.32 Å². The molecule has 0 unspecified atom stereocenters. The molecule has 0 aliphatic rings. The molecule has 23 heavy (non-hydrogen) atoms. The fraction of sp³-hybridized carbons (Fsp3) is 0. The van der Waals surface area contributed by atoms with Crippen molar-refractivity contribution in [3.8, 4) is 10.6 Å². The normalized spacial score (nSPS) is 10.8. The highest BCUT2D eigenvalue weighted by Gasteiger charge is 2.02. The number of thiazole rings is 1. The molecule has 1 heterocycles. The number of benzene rings is 2. The molecule has 0 saturated carbocycles. The van der Waals surface area contributed by atoms with E-state index < -0.39 is 0 Å². The lowest BCUT2D eigenvalue weighted by molar-refractivity contribution is -0.111. The van der Waals surface area contributed by atoms with Crippen LogP contribution in [-0.2, 0) is 4.79 Å². The molecule has 2 aromatic carbocycles. The summed E-state index contributed by atoms with van der Waals surface area (Å²) in [6, 6.07) is 14.9. The highest BCUT2D eigenvalue weighted by atomic mass is 35.5. The third kappa shape index (κ3) is 4.28. The van der Waals surface area contributed by atoms with Crippen LogP contribution in [0, 0.1) is 0 Å². The molecule has 0 radical (unpaired) electrons. The molecule has 0 atom stereocenters. The zero-order valence-electron chi connectivity index (χ0n) is 12.1. The molecule has 0 fully saturated rings. The molecule has 3 nitrogen and oxygen atoms in total. The highest BCUT2D eigenvalue weighted by Crippen LogP contribution is 2.23. The monoisotopic (exact) mass is 340 g/mol. The Morgan fingerprint density at radius 2 is 1.83 bits per heavy atom. The van der Waals surface area contributed by atoms with Gasteiger partial charge in [0.15, 0.2) is 0 Å². The second-order valence-electron chi connectivity index (χ2n) is 4.79. The molecular weight excluding hydrogens is 328 g/mol. The van der Waals surface area contributed by atoms with Crippen LogP contribution in [0.15, 0.2) is 66.2 Å². The number of carbonyl (C=O) groups excluding carboxylic acids is 1.